The summed E-state index contributed by atoms with van der Waals surface area (Å²) < 4.78 is 9.43. The number of ether oxygens (including phenoxy) is 2. The van der Waals surface area contributed by atoms with Gasteiger partial charge in [-0.15, -0.1) is 0 Å². The summed E-state index contributed by atoms with van der Waals surface area (Å²) in [5, 5.41) is 8.71. The van der Waals surface area contributed by atoms with Crippen LogP contribution in [0.1, 0.15) is 5.69 Å². The Kier molecular flexibility index (Phi) is 3.87. The predicted octanol–water partition coefficient (Wildman–Crippen LogP) is 0.126. The van der Waals surface area contributed by atoms with E-state index in [-0.39, 0.29) is 13.2 Å². The second-order valence-corrected chi connectivity index (χ2v) is 2.51. The van der Waals surface area contributed by atoms with Gasteiger partial charge in [-0.25, -0.2) is 4.79 Å². The predicted molar refractivity (Wildman–Crippen MR) is 47.7 cm³/mol. The lowest BCUT2D eigenvalue weighted by molar-refractivity contribution is -0.142. The van der Waals surface area contributed by atoms with Crippen molar-refractivity contribution >= 4 is 5.97 Å². The number of carbonyl (C=O) groups excluding carboxylic acids is 1. The number of aliphatic hydroxyl groups is 1. The van der Waals surface area contributed by atoms with Crippen molar-refractivity contribution in [3.05, 3.63) is 24.0 Å². The molecule has 0 bridgehead atoms. The molecule has 14 heavy (non-hydrogen) atoms. The monoisotopic (exact) mass is 197 g/mol. The molecule has 1 N–H and O–H groups in total. The lowest BCUT2D eigenvalue weighted by Gasteiger charge is -2.04. The van der Waals surface area contributed by atoms with Crippen LogP contribution in [0.5, 0.6) is 5.75 Å². The molecule has 0 aliphatic heterocycles. The third kappa shape index (κ3) is 3.02. The number of nitrogens with zero attached hydrogens (tertiary/aromatic N) is 1. The average molecular weight is 197 g/mol. The maximum absolute atomic E-state index is 10.7. The molecule has 0 aliphatic carbocycles. The van der Waals surface area contributed by atoms with E-state index in [0.29, 0.717) is 11.4 Å². The van der Waals surface area contributed by atoms with Crippen LogP contribution in [0.3, 0.4) is 0 Å². The van der Waals surface area contributed by atoms with Crippen molar-refractivity contribution in [2.75, 3.05) is 13.7 Å². The van der Waals surface area contributed by atoms with E-state index in [9.17, 15) is 4.79 Å². The van der Waals surface area contributed by atoms with Crippen LogP contribution in [0.2, 0.25) is 0 Å². The number of rotatable bonds is 4. The molecule has 1 heterocycles. The van der Waals surface area contributed by atoms with Gasteiger partial charge >= 0.3 is 5.97 Å². The van der Waals surface area contributed by atoms with E-state index in [1.165, 1.54) is 13.3 Å². The second kappa shape index (κ2) is 5.18. The number of hydrogen-bond donors (Lipinski definition) is 1. The van der Waals surface area contributed by atoms with Gasteiger partial charge in [0.2, 0.25) is 0 Å². The Labute approximate surface area is 81.3 Å². The van der Waals surface area contributed by atoms with E-state index >= 15 is 0 Å². The van der Waals surface area contributed by atoms with Crippen LogP contribution in [0.15, 0.2) is 18.3 Å². The molecular formula is C9H11NO4. The maximum Gasteiger partial charge on any atom is 0.343 e. The summed E-state index contributed by atoms with van der Waals surface area (Å²) in [5.41, 5.74) is 0.551. The molecule has 0 atom stereocenters. The molecule has 0 aromatic carbocycles. The van der Waals surface area contributed by atoms with Gasteiger partial charge in [-0.1, -0.05) is 0 Å². The molecule has 0 saturated heterocycles. The SMILES string of the molecule is COC(=O)COc1ccc(CO)nc1. The Morgan fingerprint density at radius 3 is 2.86 bits per heavy atom. The summed E-state index contributed by atoms with van der Waals surface area (Å²) in [6.07, 6.45) is 1.44. The molecule has 1 rings (SSSR count). The second-order valence-electron chi connectivity index (χ2n) is 2.51. The van der Waals surface area contributed by atoms with Gasteiger partial charge in [0.05, 0.1) is 25.6 Å². The van der Waals surface area contributed by atoms with Crippen LogP contribution in [-0.2, 0) is 16.1 Å². The topological polar surface area (TPSA) is 68.7 Å². The Morgan fingerprint density at radius 2 is 2.36 bits per heavy atom. The lowest BCUT2D eigenvalue weighted by Crippen LogP contribution is -2.12. The van der Waals surface area contributed by atoms with Crippen molar-refractivity contribution in [1.29, 1.82) is 0 Å². The summed E-state index contributed by atoms with van der Waals surface area (Å²) in [6.45, 7) is -0.256. The minimum atomic E-state index is -0.448. The van der Waals surface area contributed by atoms with Gasteiger partial charge in [0.1, 0.15) is 5.75 Å². The molecule has 5 heteroatoms. The molecule has 0 spiro atoms. The highest BCUT2D eigenvalue weighted by Crippen LogP contribution is 2.08. The summed E-state index contributed by atoms with van der Waals surface area (Å²) in [7, 11) is 1.29. The number of aliphatic hydroxyl groups excluding tert-OH is 1. The van der Waals surface area contributed by atoms with E-state index in [1.54, 1.807) is 12.1 Å². The minimum Gasteiger partial charge on any atom is -0.480 e. The number of methoxy groups -OCH3 is 1. The first-order valence-electron chi connectivity index (χ1n) is 4.01. The van der Waals surface area contributed by atoms with Crippen molar-refractivity contribution in [3.8, 4) is 5.75 Å². The smallest absolute Gasteiger partial charge is 0.343 e. The van der Waals surface area contributed by atoms with Crippen LogP contribution in [0.25, 0.3) is 0 Å². The van der Waals surface area contributed by atoms with Gasteiger partial charge in [-0.05, 0) is 12.1 Å². The fourth-order valence-electron chi connectivity index (χ4n) is 0.791. The van der Waals surface area contributed by atoms with Gasteiger partial charge in [-0.2, -0.15) is 0 Å². The molecule has 0 saturated carbocycles. The first-order valence-corrected chi connectivity index (χ1v) is 4.01. The Hall–Kier alpha value is -1.62. The number of hydrogen-bond acceptors (Lipinski definition) is 5. The fraction of sp³-hybridized carbons (Fsp3) is 0.333. The molecule has 0 radical (unpaired) electrons. The van der Waals surface area contributed by atoms with Crippen molar-refractivity contribution in [3.63, 3.8) is 0 Å². The highest BCUT2D eigenvalue weighted by Gasteiger charge is 2.01. The fourth-order valence-corrected chi connectivity index (χ4v) is 0.791. The maximum atomic E-state index is 10.7. The van der Waals surface area contributed by atoms with E-state index in [4.69, 9.17) is 9.84 Å². The summed E-state index contributed by atoms with van der Waals surface area (Å²) in [5.74, 6) is 0.0174. The Morgan fingerprint density at radius 1 is 1.57 bits per heavy atom. The Bertz CT molecular complexity index is 296. The largest absolute Gasteiger partial charge is 0.480 e. The van der Waals surface area contributed by atoms with E-state index in [0.717, 1.165) is 0 Å². The van der Waals surface area contributed by atoms with Crippen LogP contribution >= 0.6 is 0 Å². The summed E-state index contributed by atoms with van der Waals surface area (Å²) >= 11 is 0. The zero-order valence-electron chi connectivity index (χ0n) is 7.77. The zero-order valence-corrected chi connectivity index (χ0v) is 7.77. The van der Waals surface area contributed by atoms with Crippen molar-refractivity contribution in [2.45, 2.75) is 6.61 Å². The van der Waals surface area contributed by atoms with Crippen molar-refractivity contribution in [2.24, 2.45) is 0 Å². The molecule has 0 aliphatic rings. The average Bonchev–Trinajstić information content (AvgIpc) is 2.26. The quantitative estimate of drug-likeness (QED) is 0.694. The molecule has 5 nitrogen and oxygen atoms in total. The Balaban J connectivity index is 2.47. The molecule has 0 fully saturated rings. The summed E-state index contributed by atoms with van der Waals surface area (Å²) in [4.78, 5) is 14.6. The third-order valence-corrected chi connectivity index (χ3v) is 1.54. The van der Waals surface area contributed by atoms with Gasteiger partial charge in [0.15, 0.2) is 6.61 Å². The van der Waals surface area contributed by atoms with Crippen molar-refractivity contribution in [1.82, 2.24) is 4.98 Å². The number of aromatic nitrogens is 1. The van der Waals surface area contributed by atoms with Crippen LogP contribution < -0.4 is 4.74 Å². The van der Waals surface area contributed by atoms with Gasteiger partial charge in [-0.3, -0.25) is 4.98 Å². The molecule has 1 aromatic heterocycles. The number of carbonyl (C=O) groups is 1. The van der Waals surface area contributed by atoms with Crippen LogP contribution in [-0.4, -0.2) is 29.8 Å². The number of pyridine rings is 1. The van der Waals surface area contributed by atoms with Crippen molar-refractivity contribution < 1.29 is 19.4 Å². The van der Waals surface area contributed by atoms with Gasteiger partial charge < -0.3 is 14.6 Å². The van der Waals surface area contributed by atoms with Gasteiger partial charge in [0.25, 0.3) is 0 Å². The normalized spacial score (nSPS) is 9.57. The highest BCUT2D eigenvalue weighted by atomic mass is 16.6. The van der Waals surface area contributed by atoms with Gasteiger partial charge in [0, 0.05) is 0 Å². The molecular weight excluding hydrogens is 186 g/mol. The molecule has 1 aromatic rings. The molecule has 76 valence electrons. The highest BCUT2D eigenvalue weighted by molar-refractivity contribution is 5.70. The third-order valence-electron chi connectivity index (χ3n) is 1.54. The first-order chi connectivity index (χ1) is 6.76. The summed E-state index contributed by atoms with van der Waals surface area (Å²) in [6, 6.07) is 3.24. The zero-order chi connectivity index (χ0) is 10.4. The van der Waals surface area contributed by atoms with E-state index in [1.807, 2.05) is 0 Å². The number of esters is 1. The van der Waals surface area contributed by atoms with E-state index < -0.39 is 5.97 Å². The van der Waals surface area contributed by atoms with E-state index in [2.05, 4.69) is 9.72 Å². The lowest BCUT2D eigenvalue weighted by atomic mass is 10.3. The minimum absolute atomic E-state index is 0.114. The molecule has 0 amide bonds. The molecule has 0 unspecified atom stereocenters. The standard InChI is InChI=1S/C9H11NO4/c1-13-9(12)6-14-8-3-2-7(5-11)10-4-8/h2-4,11H,5-6H2,1H3. The first kappa shape index (κ1) is 10.5. The van der Waals surface area contributed by atoms with Crippen LogP contribution in [0, 0.1) is 0 Å². The van der Waals surface area contributed by atoms with Crippen LogP contribution in [0.4, 0.5) is 0 Å².